The van der Waals surface area contributed by atoms with E-state index in [1.807, 2.05) is 0 Å². The van der Waals surface area contributed by atoms with E-state index in [-0.39, 0.29) is 0 Å². The Morgan fingerprint density at radius 3 is 2.10 bits per heavy atom. The normalized spacial score (nSPS) is 17.5. The summed E-state index contributed by atoms with van der Waals surface area (Å²) in [6, 6.07) is 9.08. The van der Waals surface area contributed by atoms with Crippen LogP contribution in [0, 0.1) is 0 Å². The van der Waals surface area contributed by atoms with Crippen molar-refractivity contribution in [3.63, 3.8) is 0 Å². The van der Waals surface area contributed by atoms with Crippen LogP contribution in [0.5, 0.6) is 0 Å². The van der Waals surface area contributed by atoms with Gasteiger partial charge >= 0.3 is 0 Å². The van der Waals surface area contributed by atoms with Crippen LogP contribution in [-0.2, 0) is 13.1 Å². The minimum absolute atomic E-state index is 0.979. The van der Waals surface area contributed by atoms with Crippen LogP contribution in [0.4, 0.5) is 0 Å². The molecule has 20 heavy (non-hydrogen) atoms. The molecular weight excluding hydrogens is 246 g/mol. The highest BCUT2D eigenvalue weighted by Gasteiger charge is 2.15. The van der Waals surface area contributed by atoms with E-state index in [0.29, 0.717) is 0 Å². The molecule has 0 saturated carbocycles. The molecule has 1 aliphatic rings. The maximum atomic E-state index is 3.37. The van der Waals surface area contributed by atoms with Crippen LogP contribution >= 0.6 is 0 Å². The van der Waals surface area contributed by atoms with Crippen molar-refractivity contribution in [2.24, 2.45) is 0 Å². The topological polar surface area (TPSA) is 18.5 Å². The fourth-order valence-electron chi connectivity index (χ4n) is 2.78. The molecular formula is C17H29N3. The van der Waals surface area contributed by atoms with Gasteiger partial charge in [-0.05, 0) is 30.6 Å². The van der Waals surface area contributed by atoms with E-state index in [0.717, 1.165) is 19.6 Å². The second-order valence-corrected chi connectivity index (χ2v) is 5.71. The Labute approximate surface area is 124 Å². The minimum Gasteiger partial charge on any atom is -0.313 e. The van der Waals surface area contributed by atoms with Crippen molar-refractivity contribution in [1.29, 1.82) is 0 Å². The molecule has 0 aliphatic carbocycles. The van der Waals surface area contributed by atoms with E-state index in [4.69, 9.17) is 0 Å². The SMILES string of the molecule is CCCN1CCN(Cc2ccc(CNCC)cc2)CC1. The van der Waals surface area contributed by atoms with Gasteiger partial charge in [0.05, 0.1) is 0 Å². The summed E-state index contributed by atoms with van der Waals surface area (Å²) in [6.07, 6.45) is 1.27. The lowest BCUT2D eigenvalue weighted by molar-refractivity contribution is 0.127. The van der Waals surface area contributed by atoms with Gasteiger partial charge in [-0.3, -0.25) is 4.90 Å². The van der Waals surface area contributed by atoms with Crippen LogP contribution in [0.1, 0.15) is 31.4 Å². The molecule has 0 spiro atoms. The molecule has 1 aromatic carbocycles. The highest BCUT2D eigenvalue weighted by atomic mass is 15.3. The standard InChI is InChI=1S/C17H29N3/c1-3-9-19-10-12-20(13-11-19)15-17-7-5-16(6-8-17)14-18-4-2/h5-8,18H,3-4,9-15H2,1-2H3. The number of nitrogens with zero attached hydrogens (tertiary/aromatic N) is 2. The van der Waals surface area contributed by atoms with Gasteiger partial charge in [0.15, 0.2) is 0 Å². The molecule has 1 heterocycles. The number of nitrogens with one attached hydrogen (secondary N) is 1. The zero-order chi connectivity index (χ0) is 14.2. The molecule has 0 bridgehead atoms. The summed E-state index contributed by atoms with van der Waals surface area (Å²) in [4.78, 5) is 5.15. The average molecular weight is 275 g/mol. The fraction of sp³-hybridized carbons (Fsp3) is 0.647. The molecule has 1 aromatic rings. The first-order valence-corrected chi connectivity index (χ1v) is 8.05. The number of hydrogen-bond acceptors (Lipinski definition) is 3. The summed E-state index contributed by atoms with van der Waals surface area (Å²) in [5.74, 6) is 0. The van der Waals surface area contributed by atoms with Crippen LogP contribution in [-0.4, -0.2) is 49.1 Å². The number of benzene rings is 1. The van der Waals surface area contributed by atoms with Crippen molar-refractivity contribution in [2.75, 3.05) is 39.3 Å². The molecule has 0 aromatic heterocycles. The van der Waals surface area contributed by atoms with Gasteiger partial charge in [-0.25, -0.2) is 0 Å². The van der Waals surface area contributed by atoms with Gasteiger partial charge in [0.2, 0.25) is 0 Å². The van der Waals surface area contributed by atoms with Crippen molar-refractivity contribution in [2.45, 2.75) is 33.4 Å². The van der Waals surface area contributed by atoms with E-state index in [1.165, 1.54) is 50.3 Å². The highest BCUT2D eigenvalue weighted by Crippen LogP contribution is 2.10. The molecule has 1 aliphatic heterocycles. The predicted octanol–water partition coefficient (Wildman–Crippen LogP) is 2.32. The summed E-state index contributed by atoms with van der Waals surface area (Å²) in [5.41, 5.74) is 2.82. The largest absolute Gasteiger partial charge is 0.313 e. The van der Waals surface area contributed by atoms with E-state index in [2.05, 4.69) is 53.2 Å². The van der Waals surface area contributed by atoms with Crippen molar-refractivity contribution in [1.82, 2.24) is 15.1 Å². The lowest BCUT2D eigenvalue weighted by atomic mass is 10.1. The van der Waals surface area contributed by atoms with E-state index < -0.39 is 0 Å². The van der Waals surface area contributed by atoms with Gasteiger partial charge in [0.1, 0.15) is 0 Å². The predicted molar refractivity (Wildman–Crippen MR) is 85.8 cm³/mol. The third kappa shape index (κ3) is 4.89. The van der Waals surface area contributed by atoms with Crippen LogP contribution in [0.25, 0.3) is 0 Å². The molecule has 0 radical (unpaired) electrons. The van der Waals surface area contributed by atoms with Crippen LogP contribution < -0.4 is 5.32 Å². The fourth-order valence-corrected chi connectivity index (χ4v) is 2.78. The second-order valence-electron chi connectivity index (χ2n) is 5.71. The molecule has 1 N–H and O–H groups in total. The van der Waals surface area contributed by atoms with Crippen LogP contribution in [0.2, 0.25) is 0 Å². The first-order valence-electron chi connectivity index (χ1n) is 8.05. The van der Waals surface area contributed by atoms with Crippen molar-refractivity contribution in [3.8, 4) is 0 Å². The summed E-state index contributed by atoms with van der Waals surface area (Å²) in [5, 5.41) is 3.37. The summed E-state index contributed by atoms with van der Waals surface area (Å²) < 4.78 is 0. The Morgan fingerprint density at radius 1 is 0.900 bits per heavy atom. The minimum atomic E-state index is 0.979. The quantitative estimate of drug-likeness (QED) is 0.824. The highest BCUT2D eigenvalue weighted by molar-refractivity contribution is 5.22. The summed E-state index contributed by atoms with van der Waals surface area (Å²) in [6.45, 7) is 13.6. The molecule has 1 fully saturated rings. The van der Waals surface area contributed by atoms with Crippen molar-refractivity contribution >= 4 is 0 Å². The smallest absolute Gasteiger partial charge is 0.0234 e. The molecule has 2 rings (SSSR count). The molecule has 3 nitrogen and oxygen atoms in total. The maximum Gasteiger partial charge on any atom is 0.0234 e. The average Bonchev–Trinajstić information content (AvgIpc) is 2.49. The Morgan fingerprint density at radius 2 is 1.50 bits per heavy atom. The molecule has 3 heteroatoms. The second kappa shape index (κ2) is 8.40. The molecule has 0 amide bonds. The Hall–Kier alpha value is -0.900. The van der Waals surface area contributed by atoms with E-state index in [9.17, 15) is 0 Å². The maximum absolute atomic E-state index is 3.37. The summed E-state index contributed by atoms with van der Waals surface area (Å²) >= 11 is 0. The number of rotatable bonds is 7. The zero-order valence-electron chi connectivity index (χ0n) is 13.1. The third-order valence-electron chi connectivity index (χ3n) is 4.01. The molecule has 0 atom stereocenters. The number of hydrogen-bond donors (Lipinski definition) is 1. The Kier molecular flexibility index (Phi) is 6.51. The lowest BCUT2D eigenvalue weighted by Crippen LogP contribution is -2.45. The molecule has 0 unspecified atom stereocenters. The summed E-state index contributed by atoms with van der Waals surface area (Å²) in [7, 11) is 0. The first kappa shape index (κ1) is 15.5. The molecule has 112 valence electrons. The number of piperazine rings is 1. The van der Waals surface area contributed by atoms with Gasteiger partial charge < -0.3 is 10.2 Å². The van der Waals surface area contributed by atoms with Crippen molar-refractivity contribution in [3.05, 3.63) is 35.4 Å². The third-order valence-corrected chi connectivity index (χ3v) is 4.01. The van der Waals surface area contributed by atoms with E-state index in [1.54, 1.807) is 0 Å². The lowest BCUT2D eigenvalue weighted by Gasteiger charge is -2.34. The van der Waals surface area contributed by atoms with E-state index >= 15 is 0 Å². The van der Waals surface area contributed by atoms with Crippen LogP contribution in [0.15, 0.2) is 24.3 Å². The molecule has 1 saturated heterocycles. The first-order chi connectivity index (χ1) is 9.81. The Bertz CT molecular complexity index is 366. The monoisotopic (exact) mass is 275 g/mol. The van der Waals surface area contributed by atoms with Crippen LogP contribution in [0.3, 0.4) is 0 Å². The Balaban J connectivity index is 1.76. The van der Waals surface area contributed by atoms with Gasteiger partial charge in [-0.1, -0.05) is 38.1 Å². The van der Waals surface area contributed by atoms with Gasteiger partial charge in [0, 0.05) is 39.3 Å². The van der Waals surface area contributed by atoms with Gasteiger partial charge in [-0.15, -0.1) is 0 Å². The zero-order valence-corrected chi connectivity index (χ0v) is 13.1. The van der Waals surface area contributed by atoms with Gasteiger partial charge in [0.25, 0.3) is 0 Å². The van der Waals surface area contributed by atoms with Crippen molar-refractivity contribution < 1.29 is 0 Å². The van der Waals surface area contributed by atoms with Gasteiger partial charge in [-0.2, -0.15) is 0 Å².